The van der Waals surface area contributed by atoms with Crippen molar-refractivity contribution in [3.05, 3.63) is 64.5 Å². The van der Waals surface area contributed by atoms with Crippen molar-refractivity contribution in [1.82, 2.24) is 29.8 Å². The largest absolute Gasteiger partial charge is 0.336 e. The summed E-state index contributed by atoms with van der Waals surface area (Å²) >= 11 is 6.30. The second kappa shape index (κ2) is 7.43. The average Bonchev–Trinajstić information content (AvgIpc) is 3.35. The zero-order valence-corrected chi connectivity index (χ0v) is 18.1. The van der Waals surface area contributed by atoms with E-state index in [2.05, 4.69) is 55.1 Å². The van der Waals surface area contributed by atoms with Crippen LogP contribution in [0.25, 0.3) is 16.8 Å². The number of fused-ring (bicyclic) bond motifs is 4. The van der Waals surface area contributed by atoms with Crippen LogP contribution >= 0.6 is 11.6 Å². The van der Waals surface area contributed by atoms with Crippen molar-refractivity contribution in [2.75, 3.05) is 7.05 Å². The van der Waals surface area contributed by atoms with Gasteiger partial charge in [0.15, 0.2) is 5.82 Å². The molecule has 3 aromatic heterocycles. The number of aromatic nitrogens is 5. The summed E-state index contributed by atoms with van der Waals surface area (Å²) in [6.45, 7) is 1.62. The second-order valence-corrected chi connectivity index (χ2v) is 9.16. The highest BCUT2D eigenvalue weighted by Crippen LogP contribution is 2.42. The van der Waals surface area contributed by atoms with Gasteiger partial charge in [0, 0.05) is 29.6 Å². The molecule has 31 heavy (non-hydrogen) atoms. The second-order valence-electron chi connectivity index (χ2n) is 8.73. The Morgan fingerprint density at radius 1 is 1.03 bits per heavy atom. The lowest BCUT2D eigenvalue weighted by Crippen LogP contribution is -2.17. The first kappa shape index (κ1) is 19.0. The molecule has 6 rings (SSSR count). The third-order valence-corrected chi connectivity index (χ3v) is 6.88. The summed E-state index contributed by atoms with van der Waals surface area (Å²) in [5, 5.41) is 15.4. The van der Waals surface area contributed by atoms with Crippen LogP contribution < -0.4 is 0 Å². The number of nitrogens with zero attached hydrogens (tertiary/aromatic N) is 6. The molecule has 4 heterocycles. The Kier molecular flexibility index (Phi) is 4.54. The summed E-state index contributed by atoms with van der Waals surface area (Å²) in [5.41, 5.74) is 4.04. The lowest BCUT2D eigenvalue weighted by atomic mass is 9.79. The van der Waals surface area contributed by atoms with Crippen LogP contribution in [0, 0.1) is 0 Å². The fraction of sp³-hybridized carbons (Fsp3) is 0.391. The molecule has 0 radical (unpaired) electrons. The van der Waals surface area contributed by atoms with Gasteiger partial charge in [-0.2, -0.15) is 0 Å². The standard InChI is InChI=1S/C23H23ClN6O/c1-29-12-16-11-17(24)8-9-19(16)30-20(13-29)26-27-22(30)15-6-4-14(5-7-15)21-18-3-2-10-25-23(18)31-28-21/h2-3,8-11,14-15H,4-7,12-13H2,1H3. The van der Waals surface area contributed by atoms with Crippen LogP contribution in [0.2, 0.25) is 5.02 Å². The van der Waals surface area contributed by atoms with Gasteiger partial charge in [0.05, 0.1) is 23.3 Å². The fourth-order valence-corrected chi connectivity index (χ4v) is 5.36. The molecule has 7 nitrogen and oxygen atoms in total. The van der Waals surface area contributed by atoms with Gasteiger partial charge < -0.3 is 4.52 Å². The van der Waals surface area contributed by atoms with Gasteiger partial charge in [-0.15, -0.1) is 10.2 Å². The van der Waals surface area contributed by atoms with E-state index < -0.39 is 0 Å². The van der Waals surface area contributed by atoms with Crippen molar-refractivity contribution in [2.45, 2.75) is 50.6 Å². The number of hydrogen-bond donors (Lipinski definition) is 0. The van der Waals surface area contributed by atoms with E-state index >= 15 is 0 Å². The first-order valence-electron chi connectivity index (χ1n) is 10.8. The molecule has 1 aliphatic heterocycles. The van der Waals surface area contributed by atoms with Crippen LogP contribution in [-0.4, -0.2) is 36.9 Å². The minimum Gasteiger partial charge on any atom is -0.336 e. The van der Waals surface area contributed by atoms with E-state index in [4.69, 9.17) is 16.1 Å². The van der Waals surface area contributed by atoms with Gasteiger partial charge in [0.1, 0.15) is 5.82 Å². The highest BCUT2D eigenvalue weighted by atomic mass is 35.5. The zero-order valence-electron chi connectivity index (χ0n) is 17.3. The summed E-state index contributed by atoms with van der Waals surface area (Å²) < 4.78 is 7.72. The molecule has 0 atom stereocenters. The van der Waals surface area contributed by atoms with Crippen LogP contribution in [0.15, 0.2) is 41.1 Å². The van der Waals surface area contributed by atoms with E-state index in [0.29, 0.717) is 17.5 Å². The predicted octanol–water partition coefficient (Wildman–Crippen LogP) is 4.84. The van der Waals surface area contributed by atoms with Crippen LogP contribution in [-0.2, 0) is 13.1 Å². The number of benzene rings is 1. The maximum absolute atomic E-state index is 6.30. The summed E-state index contributed by atoms with van der Waals surface area (Å²) in [6, 6.07) is 10.1. The normalized spacial score (nSPS) is 21.6. The Bertz CT molecular complexity index is 1260. The Labute approximate surface area is 185 Å². The van der Waals surface area contributed by atoms with Gasteiger partial charge in [-0.05, 0) is 68.6 Å². The molecule has 0 N–H and O–H groups in total. The highest BCUT2D eigenvalue weighted by Gasteiger charge is 2.32. The van der Waals surface area contributed by atoms with E-state index in [9.17, 15) is 0 Å². The monoisotopic (exact) mass is 434 g/mol. The van der Waals surface area contributed by atoms with Crippen molar-refractivity contribution in [3.8, 4) is 5.69 Å². The summed E-state index contributed by atoms with van der Waals surface area (Å²) in [5.74, 6) is 2.83. The molecule has 0 spiro atoms. The average molecular weight is 435 g/mol. The van der Waals surface area contributed by atoms with Gasteiger partial charge in [-0.25, -0.2) is 4.98 Å². The molecular weight excluding hydrogens is 412 g/mol. The minimum atomic E-state index is 0.376. The Morgan fingerprint density at radius 2 is 1.87 bits per heavy atom. The van der Waals surface area contributed by atoms with E-state index in [0.717, 1.165) is 72.2 Å². The van der Waals surface area contributed by atoms with E-state index in [1.807, 2.05) is 12.1 Å². The lowest BCUT2D eigenvalue weighted by Gasteiger charge is -2.27. The molecule has 0 amide bonds. The van der Waals surface area contributed by atoms with E-state index in [1.54, 1.807) is 6.20 Å². The summed E-state index contributed by atoms with van der Waals surface area (Å²) in [6.07, 6.45) is 5.95. The Hall–Kier alpha value is -2.77. The molecule has 0 unspecified atom stereocenters. The Morgan fingerprint density at radius 3 is 2.74 bits per heavy atom. The van der Waals surface area contributed by atoms with Gasteiger partial charge in [0.2, 0.25) is 0 Å². The molecule has 1 fully saturated rings. The highest BCUT2D eigenvalue weighted by molar-refractivity contribution is 6.30. The van der Waals surface area contributed by atoms with E-state index in [1.165, 1.54) is 5.56 Å². The van der Waals surface area contributed by atoms with Crippen molar-refractivity contribution in [2.24, 2.45) is 0 Å². The third kappa shape index (κ3) is 3.23. The molecule has 0 bridgehead atoms. The topological polar surface area (TPSA) is 72.9 Å². The molecule has 1 saturated carbocycles. The quantitative estimate of drug-likeness (QED) is 0.449. The van der Waals surface area contributed by atoms with Gasteiger partial charge in [-0.1, -0.05) is 16.8 Å². The van der Waals surface area contributed by atoms with Crippen LogP contribution in [0.4, 0.5) is 0 Å². The SMILES string of the molecule is CN1Cc2cc(Cl)ccc2-n2c(nnc2C2CCC(c3noc4ncccc34)CC2)C1. The fourth-order valence-electron chi connectivity index (χ4n) is 5.17. The predicted molar refractivity (Wildman–Crippen MR) is 117 cm³/mol. The lowest BCUT2D eigenvalue weighted by molar-refractivity contribution is 0.315. The van der Waals surface area contributed by atoms with Gasteiger partial charge in [0.25, 0.3) is 5.71 Å². The smallest absolute Gasteiger partial charge is 0.257 e. The van der Waals surface area contributed by atoms with Crippen LogP contribution in [0.1, 0.15) is 60.4 Å². The first-order chi connectivity index (χ1) is 15.2. The van der Waals surface area contributed by atoms with Crippen molar-refractivity contribution in [3.63, 3.8) is 0 Å². The molecule has 4 aromatic rings. The minimum absolute atomic E-state index is 0.376. The molecule has 158 valence electrons. The zero-order chi connectivity index (χ0) is 20.9. The molecule has 0 saturated heterocycles. The van der Waals surface area contributed by atoms with Gasteiger partial charge in [-0.3, -0.25) is 9.47 Å². The van der Waals surface area contributed by atoms with Crippen LogP contribution in [0.3, 0.4) is 0 Å². The number of rotatable bonds is 2. The molecule has 2 aliphatic rings. The third-order valence-electron chi connectivity index (χ3n) is 6.65. The number of halogens is 1. The first-order valence-corrected chi connectivity index (χ1v) is 11.2. The molecule has 8 heteroatoms. The Balaban J connectivity index is 1.30. The van der Waals surface area contributed by atoms with Gasteiger partial charge >= 0.3 is 0 Å². The maximum atomic E-state index is 6.30. The number of pyridine rings is 1. The van der Waals surface area contributed by atoms with Crippen molar-refractivity contribution < 1.29 is 4.52 Å². The molecule has 1 aliphatic carbocycles. The maximum Gasteiger partial charge on any atom is 0.257 e. The summed E-state index contributed by atoms with van der Waals surface area (Å²) in [4.78, 5) is 6.54. The van der Waals surface area contributed by atoms with Crippen molar-refractivity contribution >= 4 is 22.7 Å². The molecular formula is C23H23ClN6O. The summed E-state index contributed by atoms with van der Waals surface area (Å²) in [7, 11) is 2.11. The van der Waals surface area contributed by atoms with Crippen molar-refractivity contribution in [1.29, 1.82) is 0 Å². The molecule has 1 aromatic carbocycles. The number of hydrogen-bond acceptors (Lipinski definition) is 6. The van der Waals surface area contributed by atoms with Crippen LogP contribution in [0.5, 0.6) is 0 Å². The van der Waals surface area contributed by atoms with E-state index in [-0.39, 0.29) is 0 Å².